The Kier molecular flexibility index (Phi) is 11.0. The Morgan fingerprint density at radius 1 is 0.900 bits per heavy atom. The number of anilines is 1. The molecule has 3 aromatic carbocycles. The third-order valence-electron chi connectivity index (χ3n) is 6.80. The minimum Gasteiger partial charge on any atom is -0.352 e. The molecule has 2 amide bonds. The van der Waals surface area contributed by atoms with Crippen LogP contribution in [-0.2, 0) is 26.2 Å². The van der Waals surface area contributed by atoms with Crippen LogP contribution in [0.5, 0.6) is 0 Å². The third kappa shape index (κ3) is 7.36. The van der Waals surface area contributed by atoms with Gasteiger partial charge in [0, 0.05) is 12.6 Å². The topological polar surface area (TPSA) is 86.8 Å². The first-order chi connectivity index (χ1) is 19.0. The summed E-state index contributed by atoms with van der Waals surface area (Å²) in [5, 5.41) is 3.12. The summed E-state index contributed by atoms with van der Waals surface area (Å²) in [5.74, 6) is -0.845. The fourth-order valence-corrected chi connectivity index (χ4v) is 6.14. The van der Waals surface area contributed by atoms with Crippen molar-refractivity contribution in [2.75, 3.05) is 10.8 Å². The fraction of sp³-hybridized carbons (Fsp3) is 0.333. The van der Waals surface area contributed by atoms with Crippen LogP contribution in [0, 0.1) is 6.92 Å². The second kappa shape index (κ2) is 14.0. The van der Waals surface area contributed by atoms with E-state index in [1.807, 2.05) is 52.0 Å². The Morgan fingerprint density at radius 2 is 1.55 bits per heavy atom. The van der Waals surface area contributed by atoms with Gasteiger partial charge >= 0.3 is 0 Å². The summed E-state index contributed by atoms with van der Waals surface area (Å²) in [4.78, 5) is 28.9. The number of rotatable bonds is 12. The summed E-state index contributed by atoms with van der Waals surface area (Å²) >= 11 is 12.7. The highest BCUT2D eigenvalue weighted by Crippen LogP contribution is 2.35. The molecule has 0 heterocycles. The van der Waals surface area contributed by atoms with Gasteiger partial charge in [0.25, 0.3) is 10.0 Å². The first-order valence-electron chi connectivity index (χ1n) is 13.2. The molecule has 3 rings (SSSR count). The predicted molar refractivity (Wildman–Crippen MR) is 161 cm³/mol. The SMILES string of the molecule is CC[C@@H](C)NC(=O)[C@@H](CC)N(Cc1ccccc1C)C(=O)CN(c1cccc(Cl)c1Cl)S(=O)(=O)c1ccccc1. The number of hydrogen-bond donors (Lipinski definition) is 1. The first-order valence-corrected chi connectivity index (χ1v) is 15.4. The number of hydrogen-bond acceptors (Lipinski definition) is 4. The maximum atomic E-state index is 14.1. The molecule has 0 unspecified atom stereocenters. The summed E-state index contributed by atoms with van der Waals surface area (Å²) in [7, 11) is -4.24. The number of halogens is 2. The zero-order chi connectivity index (χ0) is 29.4. The molecule has 0 aliphatic carbocycles. The molecule has 0 spiro atoms. The summed E-state index contributed by atoms with van der Waals surface area (Å²) < 4.78 is 28.8. The lowest BCUT2D eigenvalue weighted by atomic mass is 10.1. The van der Waals surface area contributed by atoms with E-state index >= 15 is 0 Å². The maximum absolute atomic E-state index is 14.1. The van der Waals surface area contributed by atoms with Gasteiger partial charge < -0.3 is 10.2 Å². The molecule has 0 fully saturated rings. The van der Waals surface area contributed by atoms with Crippen molar-refractivity contribution >= 4 is 50.7 Å². The van der Waals surface area contributed by atoms with Crippen molar-refractivity contribution in [3.63, 3.8) is 0 Å². The van der Waals surface area contributed by atoms with Crippen LogP contribution >= 0.6 is 23.2 Å². The Morgan fingerprint density at radius 3 is 2.17 bits per heavy atom. The zero-order valence-electron chi connectivity index (χ0n) is 23.1. The Hall–Kier alpha value is -3.07. The lowest BCUT2D eigenvalue weighted by molar-refractivity contribution is -0.140. The number of nitrogens with zero attached hydrogens (tertiary/aromatic N) is 2. The van der Waals surface area contributed by atoms with E-state index in [0.717, 1.165) is 21.9 Å². The van der Waals surface area contributed by atoms with Gasteiger partial charge in [-0.3, -0.25) is 13.9 Å². The van der Waals surface area contributed by atoms with E-state index in [4.69, 9.17) is 23.2 Å². The van der Waals surface area contributed by atoms with Gasteiger partial charge in [0.15, 0.2) is 0 Å². The molecule has 214 valence electrons. The van der Waals surface area contributed by atoms with Crippen LogP contribution in [0.4, 0.5) is 5.69 Å². The standard InChI is InChI=1S/C30H35Cl2N3O4S/c1-5-22(4)33-30(37)26(6-2)34(19-23-14-11-10-13-21(23)3)28(36)20-35(27-18-12-17-25(31)29(27)32)40(38,39)24-15-8-7-9-16-24/h7-18,22,26H,5-6,19-20H2,1-4H3,(H,33,37)/t22-,26-/m1/s1. The second-order valence-electron chi connectivity index (χ2n) is 9.59. The van der Waals surface area contributed by atoms with Crippen LogP contribution in [0.15, 0.2) is 77.7 Å². The molecule has 0 aromatic heterocycles. The van der Waals surface area contributed by atoms with Gasteiger partial charge in [0.05, 0.1) is 20.6 Å². The normalized spacial score (nSPS) is 12.8. The second-order valence-corrected chi connectivity index (χ2v) is 12.2. The molecule has 3 aromatic rings. The van der Waals surface area contributed by atoms with Gasteiger partial charge in [-0.2, -0.15) is 0 Å². The van der Waals surface area contributed by atoms with Crippen molar-refractivity contribution in [1.82, 2.24) is 10.2 Å². The van der Waals surface area contributed by atoms with Crippen LogP contribution in [0.2, 0.25) is 10.0 Å². The fourth-order valence-electron chi connectivity index (χ4n) is 4.25. The van der Waals surface area contributed by atoms with Crippen LogP contribution in [0.25, 0.3) is 0 Å². The molecule has 0 aliphatic heterocycles. The number of nitrogens with one attached hydrogen (secondary N) is 1. The van der Waals surface area contributed by atoms with E-state index in [1.165, 1.54) is 23.1 Å². The van der Waals surface area contributed by atoms with Crippen LogP contribution < -0.4 is 9.62 Å². The average Bonchev–Trinajstić information content (AvgIpc) is 2.94. The molecule has 2 atom stereocenters. The van der Waals surface area contributed by atoms with Gasteiger partial charge in [-0.25, -0.2) is 8.42 Å². The number of carbonyl (C=O) groups excluding carboxylic acids is 2. The van der Waals surface area contributed by atoms with E-state index in [-0.39, 0.29) is 39.1 Å². The molecule has 0 radical (unpaired) electrons. The maximum Gasteiger partial charge on any atom is 0.264 e. The van der Waals surface area contributed by atoms with Gasteiger partial charge in [0.1, 0.15) is 12.6 Å². The Labute approximate surface area is 247 Å². The molecule has 7 nitrogen and oxygen atoms in total. The van der Waals surface area contributed by atoms with Gasteiger partial charge in [-0.15, -0.1) is 0 Å². The third-order valence-corrected chi connectivity index (χ3v) is 9.38. The van der Waals surface area contributed by atoms with Crippen LogP contribution in [0.1, 0.15) is 44.7 Å². The molecule has 10 heteroatoms. The molecule has 0 saturated heterocycles. The summed E-state index contributed by atoms with van der Waals surface area (Å²) in [6, 6.07) is 19.1. The van der Waals surface area contributed by atoms with E-state index in [9.17, 15) is 18.0 Å². The number of benzene rings is 3. The molecule has 1 N–H and O–H groups in total. The van der Waals surface area contributed by atoms with Crippen molar-refractivity contribution in [3.05, 3.63) is 94.0 Å². The Balaban J connectivity index is 2.10. The van der Waals surface area contributed by atoms with E-state index in [0.29, 0.717) is 6.42 Å². The Bertz CT molecular complexity index is 1430. The van der Waals surface area contributed by atoms with Crippen molar-refractivity contribution in [1.29, 1.82) is 0 Å². The lowest BCUT2D eigenvalue weighted by Crippen LogP contribution is -2.53. The minimum atomic E-state index is -4.24. The van der Waals surface area contributed by atoms with Gasteiger partial charge in [-0.05, 0) is 62.1 Å². The summed E-state index contributed by atoms with van der Waals surface area (Å²) in [5.41, 5.74) is 1.87. The highest BCUT2D eigenvalue weighted by Gasteiger charge is 2.35. The number of amides is 2. The first kappa shape index (κ1) is 31.5. The number of carbonyl (C=O) groups is 2. The van der Waals surface area contributed by atoms with Gasteiger partial charge in [-0.1, -0.05) is 85.6 Å². The van der Waals surface area contributed by atoms with Crippen molar-refractivity contribution in [3.8, 4) is 0 Å². The van der Waals surface area contributed by atoms with E-state index in [2.05, 4.69) is 5.32 Å². The quantitative estimate of drug-likeness (QED) is 0.266. The molecule has 0 bridgehead atoms. The largest absolute Gasteiger partial charge is 0.352 e. The molecule has 40 heavy (non-hydrogen) atoms. The monoisotopic (exact) mass is 603 g/mol. The predicted octanol–water partition coefficient (Wildman–Crippen LogP) is 6.22. The molecular weight excluding hydrogens is 569 g/mol. The summed E-state index contributed by atoms with van der Waals surface area (Å²) in [6.45, 7) is 7.15. The number of aryl methyl sites for hydroxylation is 1. The molecular formula is C30H35Cl2N3O4S. The van der Waals surface area contributed by atoms with Crippen LogP contribution in [-0.4, -0.2) is 43.8 Å². The van der Waals surface area contributed by atoms with E-state index < -0.39 is 28.5 Å². The highest BCUT2D eigenvalue weighted by atomic mass is 35.5. The van der Waals surface area contributed by atoms with Crippen molar-refractivity contribution < 1.29 is 18.0 Å². The van der Waals surface area contributed by atoms with E-state index in [1.54, 1.807) is 30.3 Å². The number of sulfonamides is 1. The highest BCUT2D eigenvalue weighted by molar-refractivity contribution is 7.92. The summed E-state index contributed by atoms with van der Waals surface area (Å²) in [6.07, 6.45) is 1.06. The molecule has 0 saturated carbocycles. The smallest absolute Gasteiger partial charge is 0.264 e. The minimum absolute atomic E-state index is 0.00322. The average molecular weight is 605 g/mol. The van der Waals surface area contributed by atoms with Crippen molar-refractivity contribution in [2.45, 2.75) is 64.1 Å². The van der Waals surface area contributed by atoms with Crippen molar-refractivity contribution in [2.24, 2.45) is 0 Å². The zero-order valence-corrected chi connectivity index (χ0v) is 25.4. The molecule has 0 aliphatic rings. The lowest BCUT2D eigenvalue weighted by Gasteiger charge is -2.34. The van der Waals surface area contributed by atoms with Gasteiger partial charge in [0.2, 0.25) is 11.8 Å². The van der Waals surface area contributed by atoms with Crippen LogP contribution in [0.3, 0.4) is 0 Å².